The van der Waals surface area contributed by atoms with Gasteiger partial charge in [0.05, 0.1) is 0 Å². The fourth-order valence-electron chi connectivity index (χ4n) is 2.34. The van der Waals surface area contributed by atoms with Crippen LogP contribution in [0.3, 0.4) is 0 Å². The zero-order valence-electron chi connectivity index (χ0n) is 7.10. The Balaban J connectivity index is 1.84. The zero-order chi connectivity index (χ0) is 7.73. The summed E-state index contributed by atoms with van der Waals surface area (Å²) in [5, 5.41) is 3.54. The highest BCUT2D eigenvalue weighted by Crippen LogP contribution is 2.46. The van der Waals surface area contributed by atoms with Crippen LogP contribution in [0.5, 0.6) is 0 Å². The van der Waals surface area contributed by atoms with E-state index in [-0.39, 0.29) is 0 Å². The van der Waals surface area contributed by atoms with Crippen LogP contribution in [0.25, 0.3) is 0 Å². The van der Waals surface area contributed by atoms with E-state index in [1.807, 2.05) is 0 Å². The minimum Gasteiger partial charge on any atom is -0.329 e. The molecule has 3 N–H and O–H groups in total. The van der Waals surface area contributed by atoms with E-state index in [1.165, 1.54) is 38.6 Å². The monoisotopic (exact) mass is 154 g/mol. The summed E-state index contributed by atoms with van der Waals surface area (Å²) in [6.45, 7) is 2.05. The van der Waals surface area contributed by atoms with E-state index in [0.717, 1.165) is 6.54 Å². The number of nitrogens with one attached hydrogen (secondary N) is 1. The third kappa shape index (κ3) is 1.30. The van der Waals surface area contributed by atoms with Gasteiger partial charge < -0.3 is 11.1 Å². The fourth-order valence-corrected chi connectivity index (χ4v) is 2.34. The van der Waals surface area contributed by atoms with Crippen LogP contribution in [0, 0.1) is 5.41 Å². The predicted molar refractivity (Wildman–Crippen MR) is 46.4 cm³/mol. The molecule has 0 aromatic rings. The zero-order valence-corrected chi connectivity index (χ0v) is 7.10. The molecule has 2 aliphatic rings. The van der Waals surface area contributed by atoms with Crippen LogP contribution in [0.1, 0.15) is 32.1 Å². The minimum absolute atomic E-state index is 0.612. The smallest absolute Gasteiger partial charge is 0.0190 e. The van der Waals surface area contributed by atoms with Gasteiger partial charge in [0.25, 0.3) is 0 Å². The van der Waals surface area contributed by atoms with Crippen molar-refractivity contribution in [3.05, 3.63) is 0 Å². The van der Waals surface area contributed by atoms with Crippen LogP contribution in [-0.4, -0.2) is 19.1 Å². The van der Waals surface area contributed by atoms with E-state index in [9.17, 15) is 0 Å². The van der Waals surface area contributed by atoms with Gasteiger partial charge in [-0.3, -0.25) is 0 Å². The van der Waals surface area contributed by atoms with Gasteiger partial charge in [-0.1, -0.05) is 6.42 Å². The van der Waals surface area contributed by atoms with Crippen molar-refractivity contribution in [1.29, 1.82) is 0 Å². The molecular weight excluding hydrogens is 136 g/mol. The van der Waals surface area contributed by atoms with Gasteiger partial charge in [-0.15, -0.1) is 0 Å². The second-order valence-electron chi connectivity index (χ2n) is 4.21. The molecule has 11 heavy (non-hydrogen) atoms. The first-order valence-corrected chi connectivity index (χ1v) is 4.78. The minimum atomic E-state index is 0.612. The molecule has 1 saturated carbocycles. The summed E-state index contributed by atoms with van der Waals surface area (Å²) in [5.41, 5.74) is 6.30. The average molecular weight is 154 g/mol. The van der Waals surface area contributed by atoms with E-state index in [4.69, 9.17) is 5.73 Å². The van der Waals surface area contributed by atoms with Crippen molar-refractivity contribution in [1.82, 2.24) is 5.32 Å². The molecule has 1 spiro atoms. The molecule has 2 nitrogen and oxygen atoms in total. The summed E-state index contributed by atoms with van der Waals surface area (Å²) in [5.74, 6) is 0. The van der Waals surface area contributed by atoms with E-state index in [0.29, 0.717) is 11.5 Å². The van der Waals surface area contributed by atoms with Crippen molar-refractivity contribution in [2.75, 3.05) is 13.1 Å². The molecule has 0 radical (unpaired) electrons. The molecule has 0 amide bonds. The Morgan fingerprint density at radius 2 is 2.18 bits per heavy atom. The molecule has 1 atom stereocenters. The third-order valence-corrected chi connectivity index (χ3v) is 3.49. The SMILES string of the molecule is NCC1CCC2(CCC2)CN1. The van der Waals surface area contributed by atoms with Gasteiger partial charge in [0, 0.05) is 19.1 Å². The van der Waals surface area contributed by atoms with Crippen LogP contribution in [-0.2, 0) is 0 Å². The first kappa shape index (κ1) is 7.56. The number of hydrogen-bond acceptors (Lipinski definition) is 2. The molecule has 1 saturated heterocycles. The molecule has 1 aliphatic carbocycles. The quantitative estimate of drug-likeness (QED) is 0.588. The largest absolute Gasteiger partial charge is 0.329 e. The van der Waals surface area contributed by atoms with Crippen LogP contribution in [0.4, 0.5) is 0 Å². The van der Waals surface area contributed by atoms with Crippen molar-refractivity contribution in [3.8, 4) is 0 Å². The molecule has 0 aromatic carbocycles. The number of hydrogen-bond donors (Lipinski definition) is 2. The second kappa shape index (κ2) is 2.76. The first-order valence-electron chi connectivity index (χ1n) is 4.78. The highest BCUT2D eigenvalue weighted by atomic mass is 15.0. The summed E-state index contributed by atoms with van der Waals surface area (Å²) in [4.78, 5) is 0. The van der Waals surface area contributed by atoms with Gasteiger partial charge in [-0.2, -0.15) is 0 Å². The molecule has 0 aromatic heterocycles. The van der Waals surface area contributed by atoms with Gasteiger partial charge in [-0.05, 0) is 31.1 Å². The summed E-state index contributed by atoms with van der Waals surface area (Å²) in [6.07, 6.45) is 7.09. The highest BCUT2D eigenvalue weighted by molar-refractivity contribution is 4.94. The van der Waals surface area contributed by atoms with Gasteiger partial charge >= 0.3 is 0 Å². The number of rotatable bonds is 1. The molecule has 1 unspecified atom stereocenters. The van der Waals surface area contributed by atoms with Crippen molar-refractivity contribution in [3.63, 3.8) is 0 Å². The van der Waals surface area contributed by atoms with E-state index in [1.54, 1.807) is 0 Å². The molecule has 1 aliphatic heterocycles. The maximum Gasteiger partial charge on any atom is 0.0190 e. The molecule has 0 bridgehead atoms. The molecule has 2 rings (SSSR count). The summed E-state index contributed by atoms with van der Waals surface area (Å²) in [7, 11) is 0. The van der Waals surface area contributed by atoms with Gasteiger partial charge in [0.15, 0.2) is 0 Å². The van der Waals surface area contributed by atoms with Crippen LogP contribution in [0.15, 0.2) is 0 Å². The van der Waals surface area contributed by atoms with Crippen LogP contribution >= 0.6 is 0 Å². The molecule has 2 heteroatoms. The summed E-state index contributed by atoms with van der Waals surface area (Å²) in [6, 6.07) is 0.612. The maximum atomic E-state index is 5.59. The van der Waals surface area contributed by atoms with Crippen LogP contribution in [0.2, 0.25) is 0 Å². The third-order valence-electron chi connectivity index (χ3n) is 3.49. The molecule has 2 fully saturated rings. The topological polar surface area (TPSA) is 38.0 Å². The Morgan fingerprint density at radius 1 is 1.36 bits per heavy atom. The number of piperidine rings is 1. The Kier molecular flexibility index (Phi) is 1.90. The van der Waals surface area contributed by atoms with Gasteiger partial charge in [0.1, 0.15) is 0 Å². The van der Waals surface area contributed by atoms with Crippen molar-refractivity contribution in [2.45, 2.75) is 38.1 Å². The van der Waals surface area contributed by atoms with Crippen LogP contribution < -0.4 is 11.1 Å². The average Bonchev–Trinajstić information content (AvgIpc) is 2.02. The summed E-state index contributed by atoms with van der Waals surface area (Å²) < 4.78 is 0. The number of nitrogens with two attached hydrogens (primary N) is 1. The molecular formula is C9H18N2. The fraction of sp³-hybridized carbons (Fsp3) is 1.00. The van der Waals surface area contributed by atoms with Crippen molar-refractivity contribution >= 4 is 0 Å². The Hall–Kier alpha value is -0.0800. The van der Waals surface area contributed by atoms with E-state index in [2.05, 4.69) is 5.32 Å². The van der Waals surface area contributed by atoms with Gasteiger partial charge in [-0.25, -0.2) is 0 Å². The lowest BCUT2D eigenvalue weighted by atomic mass is 9.64. The van der Waals surface area contributed by atoms with E-state index >= 15 is 0 Å². The lowest BCUT2D eigenvalue weighted by Gasteiger charge is -2.47. The lowest BCUT2D eigenvalue weighted by Crippen LogP contribution is -2.51. The molecule has 64 valence electrons. The van der Waals surface area contributed by atoms with Gasteiger partial charge in [0.2, 0.25) is 0 Å². The lowest BCUT2D eigenvalue weighted by molar-refractivity contribution is 0.0778. The standard InChI is InChI=1S/C9H18N2/c10-6-8-2-5-9(7-11-8)3-1-4-9/h8,11H,1-7,10H2. The Morgan fingerprint density at radius 3 is 2.55 bits per heavy atom. The highest BCUT2D eigenvalue weighted by Gasteiger charge is 2.39. The van der Waals surface area contributed by atoms with E-state index < -0.39 is 0 Å². The Labute approximate surface area is 68.5 Å². The summed E-state index contributed by atoms with van der Waals surface area (Å²) >= 11 is 0. The Bertz CT molecular complexity index is 130. The predicted octanol–water partition coefficient (Wildman–Crippen LogP) is 0.867. The van der Waals surface area contributed by atoms with Crippen molar-refractivity contribution < 1.29 is 0 Å². The maximum absolute atomic E-state index is 5.59. The van der Waals surface area contributed by atoms with Crippen molar-refractivity contribution in [2.24, 2.45) is 11.1 Å². The molecule has 1 heterocycles. The normalized spacial score (nSPS) is 35.2. The second-order valence-corrected chi connectivity index (χ2v) is 4.21. The first-order chi connectivity index (χ1) is 5.35.